The van der Waals surface area contributed by atoms with Crippen LogP contribution in [0.1, 0.15) is 43.7 Å². The van der Waals surface area contributed by atoms with Crippen molar-refractivity contribution in [2.75, 3.05) is 5.73 Å². The van der Waals surface area contributed by atoms with Gasteiger partial charge in [0.05, 0.1) is 5.69 Å². The molecule has 3 saturated carbocycles. The van der Waals surface area contributed by atoms with E-state index in [1.807, 2.05) is 13.0 Å². The molecule has 1 unspecified atom stereocenters. The van der Waals surface area contributed by atoms with Gasteiger partial charge in [0.1, 0.15) is 17.7 Å². The Balaban J connectivity index is 1.79. The second-order valence-corrected chi connectivity index (χ2v) is 6.66. The van der Waals surface area contributed by atoms with E-state index >= 15 is 0 Å². The van der Waals surface area contributed by atoms with E-state index in [0.29, 0.717) is 5.82 Å². The fraction of sp³-hybridized carbons (Fsp3) is 0.500. The molecule has 3 N–H and O–H groups in total. The number of hydrogen-bond acceptors (Lipinski definition) is 4. The molecule has 1 atom stereocenters. The van der Waals surface area contributed by atoms with Gasteiger partial charge in [-0.3, -0.25) is 0 Å². The van der Waals surface area contributed by atoms with E-state index in [2.05, 4.69) is 20.7 Å². The van der Waals surface area contributed by atoms with Crippen LogP contribution in [0.3, 0.4) is 0 Å². The van der Waals surface area contributed by atoms with E-state index < -0.39 is 6.10 Å². The highest BCUT2D eigenvalue weighted by molar-refractivity contribution is 5.61. The molecule has 0 radical (unpaired) electrons. The molecule has 0 amide bonds. The number of nitrogens with zero attached hydrogens (tertiary/aromatic N) is 3. The fourth-order valence-electron chi connectivity index (χ4n) is 3.66. The van der Waals surface area contributed by atoms with Gasteiger partial charge in [0, 0.05) is 23.5 Å². The van der Waals surface area contributed by atoms with Crippen LogP contribution in [0.2, 0.25) is 0 Å². The molecule has 2 aromatic heterocycles. The predicted molar refractivity (Wildman–Crippen MR) is 80.6 cm³/mol. The molecular formula is C16H20N4O. The van der Waals surface area contributed by atoms with Crippen LogP contribution in [0.4, 0.5) is 5.82 Å². The van der Waals surface area contributed by atoms with E-state index in [-0.39, 0.29) is 5.54 Å². The van der Waals surface area contributed by atoms with Crippen molar-refractivity contribution < 1.29 is 5.11 Å². The lowest BCUT2D eigenvalue weighted by Gasteiger charge is -2.62. The first-order chi connectivity index (χ1) is 9.98. The second kappa shape index (κ2) is 4.07. The number of nitrogens with two attached hydrogens (primary N) is 1. The standard InChI is InChI=1S/C16H20N4O/c1-9-3-12(7-18-14(9)17)13-8-20(15(19-13)10(2)21)16-4-11(5-16)6-16/h3,7-8,10-11,21H,4-6H2,1-2H3,(H2,17,18). The van der Waals surface area contributed by atoms with Crippen LogP contribution in [-0.4, -0.2) is 19.6 Å². The summed E-state index contributed by atoms with van der Waals surface area (Å²) < 4.78 is 2.21. The molecule has 0 aromatic carbocycles. The van der Waals surface area contributed by atoms with Crippen molar-refractivity contribution in [3.05, 3.63) is 29.8 Å². The Morgan fingerprint density at radius 1 is 1.43 bits per heavy atom. The average Bonchev–Trinajstić information content (AvgIpc) is 2.74. The van der Waals surface area contributed by atoms with Gasteiger partial charge < -0.3 is 15.4 Å². The second-order valence-electron chi connectivity index (χ2n) is 6.66. The number of nitrogen functional groups attached to an aromatic ring is 1. The molecule has 3 aliphatic rings. The van der Waals surface area contributed by atoms with Crippen LogP contribution < -0.4 is 5.73 Å². The number of pyridine rings is 1. The maximum absolute atomic E-state index is 10.0. The number of aliphatic hydroxyl groups excluding tert-OH is 1. The van der Waals surface area contributed by atoms with E-state index in [1.54, 1.807) is 13.1 Å². The Kier molecular flexibility index (Phi) is 2.49. The van der Waals surface area contributed by atoms with Gasteiger partial charge in [-0.2, -0.15) is 0 Å². The van der Waals surface area contributed by atoms with Crippen molar-refractivity contribution in [3.8, 4) is 11.3 Å². The largest absolute Gasteiger partial charge is 0.385 e. The minimum absolute atomic E-state index is 0.221. The third-order valence-corrected chi connectivity index (χ3v) is 5.04. The highest BCUT2D eigenvalue weighted by Crippen LogP contribution is 2.63. The molecule has 5 rings (SSSR count). The summed E-state index contributed by atoms with van der Waals surface area (Å²) in [6.45, 7) is 3.72. The smallest absolute Gasteiger partial charge is 0.138 e. The van der Waals surface area contributed by atoms with Gasteiger partial charge in [-0.15, -0.1) is 0 Å². The number of aryl methyl sites for hydroxylation is 1. The Morgan fingerprint density at radius 2 is 2.14 bits per heavy atom. The number of hydrogen-bond donors (Lipinski definition) is 2. The molecule has 2 aromatic rings. The summed E-state index contributed by atoms with van der Waals surface area (Å²) in [6.07, 6.45) is 6.94. The zero-order valence-corrected chi connectivity index (χ0v) is 12.4. The molecular weight excluding hydrogens is 264 g/mol. The molecule has 21 heavy (non-hydrogen) atoms. The van der Waals surface area contributed by atoms with E-state index in [9.17, 15) is 5.11 Å². The number of aromatic nitrogens is 3. The number of aliphatic hydroxyl groups is 1. The van der Waals surface area contributed by atoms with Gasteiger partial charge in [-0.25, -0.2) is 9.97 Å². The Morgan fingerprint density at radius 3 is 2.67 bits per heavy atom. The third kappa shape index (κ3) is 1.73. The lowest BCUT2D eigenvalue weighted by atomic mass is 9.49. The van der Waals surface area contributed by atoms with E-state index in [4.69, 9.17) is 5.73 Å². The Hall–Kier alpha value is -1.88. The quantitative estimate of drug-likeness (QED) is 0.907. The monoisotopic (exact) mass is 284 g/mol. The minimum atomic E-state index is -0.560. The third-order valence-electron chi connectivity index (χ3n) is 5.04. The van der Waals surface area contributed by atoms with Crippen LogP contribution in [0, 0.1) is 12.8 Å². The minimum Gasteiger partial charge on any atom is -0.385 e. The van der Waals surface area contributed by atoms with Crippen LogP contribution in [0.15, 0.2) is 18.5 Å². The summed E-state index contributed by atoms with van der Waals surface area (Å²) in [5.41, 5.74) is 8.77. The molecule has 5 nitrogen and oxygen atoms in total. The maximum Gasteiger partial charge on any atom is 0.138 e. The summed E-state index contributed by atoms with van der Waals surface area (Å²) in [7, 11) is 0. The number of rotatable bonds is 3. The van der Waals surface area contributed by atoms with Crippen molar-refractivity contribution in [1.29, 1.82) is 0 Å². The maximum atomic E-state index is 10.0. The summed E-state index contributed by atoms with van der Waals surface area (Å²) in [5.74, 6) is 2.20. The zero-order valence-electron chi connectivity index (χ0n) is 12.4. The summed E-state index contributed by atoms with van der Waals surface area (Å²) in [5, 5.41) is 10.0. The summed E-state index contributed by atoms with van der Waals surface area (Å²) in [4.78, 5) is 8.87. The van der Waals surface area contributed by atoms with Gasteiger partial charge in [0.15, 0.2) is 0 Å². The van der Waals surface area contributed by atoms with E-state index in [0.717, 1.165) is 28.6 Å². The fourth-order valence-corrected chi connectivity index (χ4v) is 3.66. The van der Waals surface area contributed by atoms with Gasteiger partial charge >= 0.3 is 0 Å². The predicted octanol–water partition coefficient (Wildman–Crippen LogP) is 2.40. The molecule has 3 fully saturated rings. The molecule has 3 aliphatic carbocycles. The average molecular weight is 284 g/mol. The van der Waals surface area contributed by atoms with Crippen LogP contribution in [0.5, 0.6) is 0 Å². The summed E-state index contributed by atoms with van der Waals surface area (Å²) >= 11 is 0. The Bertz CT molecular complexity index is 702. The van der Waals surface area contributed by atoms with Gasteiger partial charge in [-0.05, 0) is 50.7 Å². The topological polar surface area (TPSA) is 77.0 Å². The normalized spacial score (nSPS) is 27.9. The van der Waals surface area contributed by atoms with E-state index in [1.165, 1.54) is 19.3 Å². The highest BCUT2D eigenvalue weighted by atomic mass is 16.3. The number of anilines is 1. The van der Waals surface area contributed by atoms with Gasteiger partial charge in [0.25, 0.3) is 0 Å². The summed E-state index contributed by atoms with van der Waals surface area (Å²) in [6, 6.07) is 2.00. The van der Waals surface area contributed by atoms with Crippen molar-refractivity contribution >= 4 is 5.82 Å². The van der Waals surface area contributed by atoms with Crippen LogP contribution >= 0.6 is 0 Å². The lowest BCUT2D eigenvalue weighted by Crippen LogP contribution is -2.59. The molecule has 2 bridgehead atoms. The van der Waals surface area contributed by atoms with Crippen molar-refractivity contribution in [2.45, 2.75) is 44.8 Å². The zero-order chi connectivity index (χ0) is 14.8. The van der Waals surface area contributed by atoms with Crippen molar-refractivity contribution in [2.24, 2.45) is 5.92 Å². The Labute approximate surface area is 123 Å². The van der Waals surface area contributed by atoms with Gasteiger partial charge in [0.2, 0.25) is 0 Å². The lowest BCUT2D eigenvalue weighted by molar-refractivity contribution is -0.0935. The molecule has 2 heterocycles. The molecule has 0 saturated heterocycles. The van der Waals surface area contributed by atoms with Gasteiger partial charge in [-0.1, -0.05) is 0 Å². The first-order valence-electron chi connectivity index (χ1n) is 7.49. The molecule has 110 valence electrons. The molecule has 0 spiro atoms. The van der Waals surface area contributed by atoms with Crippen molar-refractivity contribution in [1.82, 2.24) is 14.5 Å². The highest BCUT2D eigenvalue weighted by Gasteiger charge is 2.58. The first kappa shape index (κ1) is 12.8. The van der Waals surface area contributed by atoms with Crippen LogP contribution in [-0.2, 0) is 5.54 Å². The molecule has 0 aliphatic heterocycles. The van der Waals surface area contributed by atoms with Crippen molar-refractivity contribution in [3.63, 3.8) is 0 Å². The van der Waals surface area contributed by atoms with Crippen LogP contribution in [0.25, 0.3) is 11.3 Å². The molecule has 5 heteroatoms. The number of imidazole rings is 1. The first-order valence-corrected chi connectivity index (χ1v) is 7.49. The SMILES string of the molecule is Cc1cc(-c2cn(C34CC(C3)C4)c(C(C)O)n2)cnc1N.